The second-order valence-corrected chi connectivity index (χ2v) is 19.6. The highest BCUT2D eigenvalue weighted by atomic mass is 35.9. The topological polar surface area (TPSA) is 74.0 Å². The molecule has 7 rings (SSSR count). The first-order chi connectivity index (χ1) is 18.1. The van der Waals surface area contributed by atoms with Crippen molar-refractivity contribution >= 4 is 65.3 Å². The SMILES string of the molecule is CC1(C)COP2(=NP3(=NP(Cl)(Cl)=N2)Oc2ccc4ccccc4c2Cc2c(ccc4ccccc24)O3)OC1. The molecule has 7 nitrogen and oxygen atoms in total. The number of benzene rings is 4. The molecular weight excluding hydrogens is 582 g/mol. The fourth-order valence-electron chi connectivity index (χ4n) is 4.86. The van der Waals surface area contributed by atoms with E-state index in [-0.39, 0.29) is 5.41 Å². The van der Waals surface area contributed by atoms with Crippen molar-refractivity contribution in [2.45, 2.75) is 20.3 Å². The number of nitrogens with zero attached hydrogens (tertiary/aromatic N) is 3. The van der Waals surface area contributed by atoms with Gasteiger partial charge in [0.2, 0.25) is 0 Å². The Kier molecular flexibility index (Phi) is 5.86. The first-order valence-electron chi connectivity index (χ1n) is 12.1. The van der Waals surface area contributed by atoms with E-state index in [9.17, 15) is 0 Å². The van der Waals surface area contributed by atoms with Gasteiger partial charge in [-0.05, 0) is 56.2 Å². The molecule has 1 saturated heterocycles. The van der Waals surface area contributed by atoms with Crippen molar-refractivity contribution in [2.75, 3.05) is 13.2 Å². The van der Waals surface area contributed by atoms with Gasteiger partial charge in [-0.15, -0.1) is 9.03 Å². The van der Waals surface area contributed by atoms with Gasteiger partial charge in [0.05, 0.1) is 13.2 Å². The summed E-state index contributed by atoms with van der Waals surface area (Å²) in [6, 6.07) is 24.4. The van der Waals surface area contributed by atoms with Crippen LogP contribution in [0.1, 0.15) is 25.0 Å². The van der Waals surface area contributed by atoms with Crippen molar-refractivity contribution in [3.63, 3.8) is 0 Å². The summed E-state index contributed by atoms with van der Waals surface area (Å²) in [7, 11) is -6.76. The Balaban J connectivity index is 1.53. The molecular formula is C26H24Cl2N3O4P3. The van der Waals surface area contributed by atoms with Gasteiger partial charge in [0.1, 0.15) is 11.5 Å². The zero-order valence-electron chi connectivity index (χ0n) is 20.6. The van der Waals surface area contributed by atoms with Crippen LogP contribution in [-0.2, 0) is 15.5 Å². The van der Waals surface area contributed by atoms with Crippen molar-refractivity contribution in [1.82, 2.24) is 0 Å². The van der Waals surface area contributed by atoms with E-state index in [0.717, 1.165) is 32.7 Å². The van der Waals surface area contributed by atoms with Crippen LogP contribution < -0.4 is 9.05 Å². The maximum atomic E-state index is 6.75. The third-order valence-electron chi connectivity index (χ3n) is 6.70. The van der Waals surface area contributed by atoms with Crippen LogP contribution in [-0.4, -0.2) is 13.2 Å². The smallest absolute Gasteiger partial charge is 0.413 e. The summed E-state index contributed by atoms with van der Waals surface area (Å²) in [5, 5.41) is 4.39. The average molecular weight is 606 g/mol. The molecule has 0 bridgehead atoms. The largest absolute Gasteiger partial charge is 0.455 e. The molecule has 3 heterocycles. The Bertz CT molecular complexity index is 1710. The number of hydrogen-bond acceptors (Lipinski definition) is 7. The summed E-state index contributed by atoms with van der Waals surface area (Å²) in [5.41, 5.74) is 1.84. The highest BCUT2D eigenvalue weighted by Gasteiger charge is 2.46. The Morgan fingerprint density at radius 1 is 0.658 bits per heavy atom. The molecule has 3 aliphatic rings. The van der Waals surface area contributed by atoms with Crippen molar-refractivity contribution in [2.24, 2.45) is 19.0 Å². The van der Waals surface area contributed by atoms with Crippen molar-refractivity contribution in [1.29, 1.82) is 0 Å². The lowest BCUT2D eigenvalue weighted by Crippen LogP contribution is -2.29. The molecule has 0 saturated carbocycles. The van der Waals surface area contributed by atoms with Gasteiger partial charge in [-0.1, -0.05) is 74.5 Å². The summed E-state index contributed by atoms with van der Waals surface area (Å²) in [6.45, 7) is 4.89. The minimum Gasteiger partial charge on any atom is -0.413 e. The highest BCUT2D eigenvalue weighted by Crippen LogP contribution is 2.83. The normalized spacial score (nSPS) is 22.0. The Morgan fingerprint density at radius 2 is 1.18 bits per heavy atom. The molecule has 0 amide bonds. The van der Waals surface area contributed by atoms with Crippen molar-refractivity contribution in [3.8, 4) is 11.5 Å². The van der Waals surface area contributed by atoms with Gasteiger partial charge in [-0.3, -0.25) is 0 Å². The first-order valence-corrected chi connectivity index (χ1v) is 18.7. The number of rotatable bonds is 0. The van der Waals surface area contributed by atoms with E-state index in [2.05, 4.69) is 42.6 Å². The van der Waals surface area contributed by atoms with Crippen LogP contribution in [0.5, 0.6) is 11.5 Å². The molecule has 0 N–H and O–H groups in total. The van der Waals surface area contributed by atoms with Gasteiger partial charge in [0.25, 0.3) is 5.91 Å². The third kappa shape index (κ3) is 4.43. The van der Waals surface area contributed by atoms with Crippen LogP contribution >= 0.6 is 43.7 Å². The monoisotopic (exact) mass is 605 g/mol. The maximum absolute atomic E-state index is 6.75. The fourth-order valence-corrected chi connectivity index (χ4v) is 16.1. The van der Waals surface area contributed by atoms with E-state index in [0.29, 0.717) is 31.1 Å². The van der Waals surface area contributed by atoms with E-state index < -0.39 is 21.2 Å². The van der Waals surface area contributed by atoms with E-state index in [4.69, 9.17) is 49.6 Å². The maximum Gasteiger partial charge on any atom is 0.455 e. The molecule has 0 radical (unpaired) electrons. The quantitative estimate of drug-likeness (QED) is 0.187. The van der Waals surface area contributed by atoms with E-state index in [1.807, 2.05) is 48.5 Å². The van der Waals surface area contributed by atoms with Gasteiger partial charge in [0, 0.05) is 23.0 Å². The second-order valence-electron chi connectivity index (χ2n) is 10.3. The molecule has 0 unspecified atom stereocenters. The van der Waals surface area contributed by atoms with Gasteiger partial charge >= 0.3 is 15.3 Å². The van der Waals surface area contributed by atoms with Gasteiger partial charge in [-0.25, -0.2) is 0 Å². The molecule has 0 atom stereocenters. The highest BCUT2D eigenvalue weighted by molar-refractivity contribution is 8.13. The average Bonchev–Trinajstić information content (AvgIpc) is 2.86. The molecule has 38 heavy (non-hydrogen) atoms. The molecule has 0 aliphatic carbocycles. The molecule has 2 spiro atoms. The Hall–Kier alpha value is -1.81. The van der Waals surface area contributed by atoms with E-state index in [1.54, 1.807) is 0 Å². The van der Waals surface area contributed by atoms with Crippen LogP contribution in [0.15, 0.2) is 86.3 Å². The van der Waals surface area contributed by atoms with Crippen molar-refractivity contribution in [3.05, 3.63) is 83.9 Å². The summed E-state index contributed by atoms with van der Waals surface area (Å²) < 4.78 is 39.9. The summed E-state index contributed by atoms with van der Waals surface area (Å²) in [6.07, 6.45) is 0.598. The van der Waals surface area contributed by atoms with Gasteiger partial charge < -0.3 is 18.1 Å². The van der Waals surface area contributed by atoms with Crippen LogP contribution in [0.4, 0.5) is 0 Å². The van der Waals surface area contributed by atoms with E-state index >= 15 is 0 Å². The minimum atomic E-state index is -3.53. The lowest BCUT2D eigenvalue weighted by molar-refractivity contribution is 0.0566. The third-order valence-corrected chi connectivity index (χ3v) is 16.3. The standard InChI is InChI=1S/C26H24Cl2N3O4P3/c1-26(2)16-32-37(33-17-26)29-36(27,28)30-38(31-37)34-24-13-11-18-7-3-5-9-20(18)22(24)15-23-21-10-6-4-8-19(21)12-14-25(23)35-38/h3-14H,15-17H2,1-2H3. The van der Waals surface area contributed by atoms with Gasteiger partial charge in [-0.2, -0.15) is 4.52 Å². The molecule has 3 aliphatic heterocycles. The summed E-state index contributed by atoms with van der Waals surface area (Å²) in [5.74, 6) is -2.06. The van der Waals surface area contributed by atoms with Crippen LogP contribution in [0, 0.1) is 5.41 Å². The number of fused-ring (bicyclic) bond motifs is 6. The summed E-state index contributed by atoms with van der Waals surface area (Å²) in [4.78, 5) is 0. The Labute approximate surface area is 230 Å². The predicted octanol–water partition coefficient (Wildman–Crippen LogP) is 10.8. The van der Waals surface area contributed by atoms with Gasteiger partial charge in [0.15, 0.2) is 0 Å². The fraction of sp³-hybridized carbons (Fsp3) is 0.231. The number of halogens is 2. The lowest BCUT2D eigenvalue weighted by atomic mass is 9.93. The zero-order valence-corrected chi connectivity index (χ0v) is 24.8. The van der Waals surface area contributed by atoms with E-state index in [1.165, 1.54) is 0 Å². The first kappa shape index (κ1) is 25.2. The molecule has 0 aromatic heterocycles. The number of hydrogen-bond donors (Lipinski definition) is 0. The van der Waals surface area contributed by atoms with Crippen LogP contribution in [0.2, 0.25) is 0 Å². The van der Waals surface area contributed by atoms with Crippen molar-refractivity contribution < 1.29 is 18.1 Å². The Morgan fingerprint density at radius 3 is 1.74 bits per heavy atom. The molecule has 4 aromatic carbocycles. The molecule has 4 aromatic rings. The zero-order chi connectivity index (χ0) is 26.2. The molecule has 196 valence electrons. The summed E-state index contributed by atoms with van der Waals surface area (Å²) >= 11 is 13.5. The predicted molar refractivity (Wildman–Crippen MR) is 157 cm³/mol. The van der Waals surface area contributed by atoms with Crippen LogP contribution in [0.25, 0.3) is 21.5 Å². The minimum absolute atomic E-state index is 0.199. The lowest BCUT2D eigenvalue weighted by Gasteiger charge is -2.38. The molecule has 12 heteroatoms. The van der Waals surface area contributed by atoms with Crippen LogP contribution in [0.3, 0.4) is 0 Å². The molecule has 1 fully saturated rings. The second kappa shape index (κ2) is 8.85.